The number of amides is 1. The highest BCUT2D eigenvalue weighted by molar-refractivity contribution is 5.95. The van der Waals surface area contributed by atoms with Crippen LogP contribution in [0.3, 0.4) is 0 Å². The fourth-order valence-corrected chi connectivity index (χ4v) is 1.53. The van der Waals surface area contributed by atoms with E-state index in [2.05, 4.69) is 10.6 Å². The molecule has 1 aliphatic rings. The Labute approximate surface area is 82.5 Å². The molecule has 0 fully saturated rings. The maximum atomic E-state index is 10.9. The molecule has 0 aliphatic carbocycles. The highest BCUT2D eigenvalue weighted by Gasteiger charge is 2.08. The van der Waals surface area contributed by atoms with Crippen LogP contribution in [-0.2, 0) is 0 Å². The van der Waals surface area contributed by atoms with E-state index in [4.69, 9.17) is 5.73 Å². The molecule has 1 heterocycles. The van der Waals surface area contributed by atoms with Crippen molar-refractivity contribution in [1.82, 2.24) is 0 Å². The molecule has 0 bridgehead atoms. The fourth-order valence-electron chi connectivity index (χ4n) is 1.53. The molecule has 4 nitrogen and oxygen atoms in total. The van der Waals surface area contributed by atoms with Gasteiger partial charge >= 0.3 is 0 Å². The molecule has 4 N–H and O–H groups in total. The predicted molar refractivity (Wildman–Crippen MR) is 56.6 cm³/mol. The predicted octanol–water partition coefficient (Wildman–Crippen LogP) is 1.01. The molecule has 1 aromatic rings. The molecule has 1 aromatic carbocycles. The van der Waals surface area contributed by atoms with Crippen molar-refractivity contribution < 1.29 is 4.79 Å². The molecule has 0 radical (unpaired) electrons. The van der Waals surface area contributed by atoms with E-state index < -0.39 is 0 Å². The third-order valence-electron chi connectivity index (χ3n) is 2.29. The van der Waals surface area contributed by atoms with Crippen molar-refractivity contribution in [3.05, 3.63) is 23.8 Å². The van der Waals surface area contributed by atoms with Gasteiger partial charge in [0, 0.05) is 18.7 Å². The van der Waals surface area contributed by atoms with E-state index in [0.717, 1.165) is 30.9 Å². The van der Waals surface area contributed by atoms with Gasteiger partial charge in [-0.15, -0.1) is 0 Å². The lowest BCUT2D eigenvalue weighted by molar-refractivity contribution is 0.100. The van der Waals surface area contributed by atoms with Crippen molar-refractivity contribution in [3.63, 3.8) is 0 Å². The SMILES string of the molecule is NC(=O)c1ccc2c(c1)NCCCN2. The standard InChI is InChI=1S/C10H13N3O/c11-10(14)7-2-3-8-9(6-7)13-5-1-4-12-8/h2-3,6,12-13H,1,4-5H2,(H2,11,14). The first-order chi connectivity index (χ1) is 6.77. The Bertz CT molecular complexity index is 362. The average Bonchev–Trinajstić information content (AvgIpc) is 2.41. The summed E-state index contributed by atoms with van der Waals surface area (Å²) in [5.41, 5.74) is 7.73. The average molecular weight is 191 g/mol. The number of anilines is 2. The maximum absolute atomic E-state index is 10.9. The summed E-state index contributed by atoms with van der Waals surface area (Å²) in [4.78, 5) is 10.9. The maximum Gasteiger partial charge on any atom is 0.248 e. The van der Waals surface area contributed by atoms with E-state index in [1.165, 1.54) is 0 Å². The Balaban J connectivity index is 2.37. The number of carbonyl (C=O) groups excluding carboxylic acids is 1. The molecule has 2 rings (SSSR count). The first kappa shape index (κ1) is 8.87. The van der Waals surface area contributed by atoms with Crippen molar-refractivity contribution in [2.45, 2.75) is 6.42 Å². The minimum Gasteiger partial charge on any atom is -0.383 e. The van der Waals surface area contributed by atoms with Gasteiger partial charge in [0.25, 0.3) is 0 Å². The van der Waals surface area contributed by atoms with E-state index in [1.54, 1.807) is 12.1 Å². The second kappa shape index (κ2) is 3.57. The lowest BCUT2D eigenvalue weighted by atomic mass is 10.1. The van der Waals surface area contributed by atoms with Crippen LogP contribution in [0, 0.1) is 0 Å². The van der Waals surface area contributed by atoms with Gasteiger partial charge in [0.1, 0.15) is 0 Å². The van der Waals surface area contributed by atoms with Gasteiger partial charge in [-0.05, 0) is 24.6 Å². The Morgan fingerprint density at radius 1 is 1.21 bits per heavy atom. The van der Waals surface area contributed by atoms with Gasteiger partial charge in [-0.25, -0.2) is 0 Å². The number of fused-ring (bicyclic) bond motifs is 1. The third kappa shape index (κ3) is 1.64. The van der Waals surface area contributed by atoms with Crippen LogP contribution < -0.4 is 16.4 Å². The molecular formula is C10H13N3O. The quantitative estimate of drug-likeness (QED) is 0.620. The Hall–Kier alpha value is -1.71. The van der Waals surface area contributed by atoms with Gasteiger partial charge in [0.15, 0.2) is 0 Å². The molecule has 4 heteroatoms. The number of hydrogen-bond acceptors (Lipinski definition) is 3. The molecule has 0 saturated carbocycles. The number of benzene rings is 1. The van der Waals surface area contributed by atoms with E-state index in [9.17, 15) is 4.79 Å². The minimum atomic E-state index is -0.390. The van der Waals surface area contributed by atoms with Crippen molar-refractivity contribution in [2.24, 2.45) is 5.73 Å². The van der Waals surface area contributed by atoms with Gasteiger partial charge in [-0.3, -0.25) is 4.79 Å². The lowest BCUT2D eigenvalue weighted by Crippen LogP contribution is -2.11. The van der Waals surface area contributed by atoms with E-state index >= 15 is 0 Å². The van der Waals surface area contributed by atoms with Gasteiger partial charge in [0.2, 0.25) is 5.91 Å². The van der Waals surface area contributed by atoms with Crippen LogP contribution in [0.2, 0.25) is 0 Å². The summed E-state index contributed by atoms with van der Waals surface area (Å²) < 4.78 is 0. The molecule has 0 saturated heterocycles. The largest absolute Gasteiger partial charge is 0.383 e. The molecule has 1 amide bonds. The first-order valence-electron chi connectivity index (χ1n) is 4.69. The van der Waals surface area contributed by atoms with Crippen LogP contribution in [0.15, 0.2) is 18.2 Å². The summed E-state index contributed by atoms with van der Waals surface area (Å²) in [6.07, 6.45) is 1.07. The van der Waals surface area contributed by atoms with Crippen LogP contribution in [0.25, 0.3) is 0 Å². The Morgan fingerprint density at radius 2 is 1.93 bits per heavy atom. The topological polar surface area (TPSA) is 67.2 Å². The van der Waals surface area contributed by atoms with E-state index in [0.29, 0.717) is 5.56 Å². The second-order valence-electron chi connectivity index (χ2n) is 3.33. The number of carbonyl (C=O) groups is 1. The normalized spacial score (nSPS) is 14.6. The van der Waals surface area contributed by atoms with Crippen molar-refractivity contribution in [1.29, 1.82) is 0 Å². The van der Waals surface area contributed by atoms with Gasteiger partial charge < -0.3 is 16.4 Å². The zero-order valence-corrected chi connectivity index (χ0v) is 7.84. The molecular weight excluding hydrogens is 178 g/mol. The Morgan fingerprint density at radius 3 is 2.64 bits per heavy atom. The zero-order chi connectivity index (χ0) is 9.97. The lowest BCUT2D eigenvalue weighted by Gasteiger charge is -2.08. The molecule has 0 atom stereocenters. The summed E-state index contributed by atoms with van der Waals surface area (Å²) >= 11 is 0. The van der Waals surface area contributed by atoms with Gasteiger partial charge in [-0.1, -0.05) is 0 Å². The van der Waals surface area contributed by atoms with E-state index in [-0.39, 0.29) is 5.91 Å². The molecule has 14 heavy (non-hydrogen) atoms. The monoisotopic (exact) mass is 191 g/mol. The number of primary amides is 1. The smallest absolute Gasteiger partial charge is 0.248 e. The van der Waals surface area contributed by atoms with Crippen LogP contribution >= 0.6 is 0 Å². The molecule has 0 aromatic heterocycles. The van der Waals surface area contributed by atoms with Crippen molar-refractivity contribution in [2.75, 3.05) is 23.7 Å². The summed E-state index contributed by atoms with van der Waals surface area (Å²) in [7, 11) is 0. The molecule has 0 unspecified atom stereocenters. The summed E-state index contributed by atoms with van der Waals surface area (Å²) in [5.74, 6) is -0.390. The molecule has 1 aliphatic heterocycles. The summed E-state index contributed by atoms with van der Waals surface area (Å²) in [5, 5.41) is 6.53. The molecule has 74 valence electrons. The summed E-state index contributed by atoms with van der Waals surface area (Å²) in [6, 6.07) is 5.41. The third-order valence-corrected chi connectivity index (χ3v) is 2.29. The van der Waals surface area contributed by atoms with E-state index in [1.807, 2.05) is 6.07 Å². The van der Waals surface area contributed by atoms with Gasteiger partial charge in [0.05, 0.1) is 11.4 Å². The second-order valence-corrected chi connectivity index (χ2v) is 3.33. The summed E-state index contributed by atoms with van der Waals surface area (Å²) in [6.45, 7) is 1.87. The number of nitrogens with one attached hydrogen (secondary N) is 2. The van der Waals surface area contributed by atoms with Crippen LogP contribution in [-0.4, -0.2) is 19.0 Å². The minimum absolute atomic E-state index is 0.390. The zero-order valence-electron chi connectivity index (χ0n) is 7.84. The fraction of sp³-hybridized carbons (Fsp3) is 0.300. The van der Waals surface area contributed by atoms with Gasteiger partial charge in [-0.2, -0.15) is 0 Å². The molecule has 0 spiro atoms. The van der Waals surface area contributed by atoms with Crippen LogP contribution in [0.1, 0.15) is 16.8 Å². The first-order valence-corrected chi connectivity index (χ1v) is 4.69. The Kier molecular flexibility index (Phi) is 2.26. The number of hydrogen-bond donors (Lipinski definition) is 3. The highest BCUT2D eigenvalue weighted by atomic mass is 16.1. The number of rotatable bonds is 1. The van der Waals surface area contributed by atoms with Crippen molar-refractivity contribution in [3.8, 4) is 0 Å². The number of nitrogens with two attached hydrogens (primary N) is 1. The van der Waals surface area contributed by atoms with Crippen LogP contribution in [0.4, 0.5) is 11.4 Å². The van der Waals surface area contributed by atoms with Crippen LogP contribution in [0.5, 0.6) is 0 Å². The highest BCUT2D eigenvalue weighted by Crippen LogP contribution is 2.24. The van der Waals surface area contributed by atoms with Crippen molar-refractivity contribution >= 4 is 17.3 Å².